The number of carbonyl (C=O) groups is 2. The van der Waals surface area contributed by atoms with Crippen molar-refractivity contribution in [3.63, 3.8) is 0 Å². The fourth-order valence-corrected chi connectivity index (χ4v) is 1.25. The number of carboxylic acids is 1. The molecule has 0 spiro atoms. The molecule has 1 saturated heterocycles. The number of carboxylic acid groups (broad SMARTS) is 1. The predicted octanol–water partition coefficient (Wildman–Crippen LogP) is -0.234. The minimum atomic E-state index is -1.71. The highest BCUT2D eigenvalue weighted by Gasteiger charge is 2.63. The van der Waals surface area contributed by atoms with E-state index in [-0.39, 0.29) is 6.79 Å². The molecule has 0 aromatic rings. The Balaban J connectivity index is 3.09. The zero-order valence-corrected chi connectivity index (χ0v) is 8.20. The van der Waals surface area contributed by atoms with Crippen LogP contribution in [0.1, 0.15) is 13.8 Å². The Morgan fingerprint density at radius 1 is 1.29 bits per heavy atom. The van der Waals surface area contributed by atoms with E-state index in [1.807, 2.05) is 0 Å². The van der Waals surface area contributed by atoms with Gasteiger partial charge in [-0.3, -0.25) is 0 Å². The lowest BCUT2D eigenvalue weighted by Crippen LogP contribution is -2.58. The first-order valence-electron chi connectivity index (χ1n) is 3.98. The lowest BCUT2D eigenvalue weighted by atomic mass is 9.86. The molecule has 14 heavy (non-hydrogen) atoms. The highest BCUT2D eigenvalue weighted by molar-refractivity contribution is 5.91. The number of carbonyl (C=O) groups excluding carboxylic acids is 1. The molecule has 2 atom stereocenters. The van der Waals surface area contributed by atoms with E-state index in [0.717, 1.165) is 7.11 Å². The zero-order valence-electron chi connectivity index (χ0n) is 8.20. The first-order valence-corrected chi connectivity index (χ1v) is 3.98. The number of esters is 1. The van der Waals surface area contributed by atoms with Crippen LogP contribution in [0.25, 0.3) is 0 Å². The topological polar surface area (TPSA) is 82.1 Å². The summed E-state index contributed by atoms with van der Waals surface area (Å²) in [7, 11) is 1.16. The molecule has 2 unspecified atom stereocenters. The normalized spacial score (nSPS) is 36.8. The van der Waals surface area contributed by atoms with E-state index in [2.05, 4.69) is 4.74 Å². The zero-order chi connectivity index (χ0) is 11.0. The fourth-order valence-electron chi connectivity index (χ4n) is 1.25. The third-order valence-electron chi connectivity index (χ3n) is 2.59. The first-order chi connectivity index (χ1) is 6.38. The van der Waals surface area contributed by atoms with Gasteiger partial charge in [-0.15, -0.1) is 0 Å². The maximum absolute atomic E-state index is 11.4. The van der Waals surface area contributed by atoms with Gasteiger partial charge in [-0.25, -0.2) is 9.59 Å². The highest BCUT2D eigenvalue weighted by atomic mass is 16.7. The quantitative estimate of drug-likeness (QED) is 0.625. The Morgan fingerprint density at radius 3 is 2.21 bits per heavy atom. The van der Waals surface area contributed by atoms with Crippen LogP contribution in [0, 0.1) is 0 Å². The molecule has 1 heterocycles. The smallest absolute Gasteiger partial charge is 0.341 e. The molecule has 0 radical (unpaired) electrons. The summed E-state index contributed by atoms with van der Waals surface area (Å²) in [6.07, 6.45) is 0. The number of rotatable bonds is 2. The van der Waals surface area contributed by atoms with Crippen molar-refractivity contribution in [2.75, 3.05) is 13.9 Å². The Labute approximate surface area is 80.7 Å². The highest BCUT2D eigenvalue weighted by Crippen LogP contribution is 2.36. The number of aliphatic carboxylic acids is 1. The molecule has 1 aliphatic rings. The van der Waals surface area contributed by atoms with Crippen LogP contribution in [-0.2, 0) is 23.8 Å². The maximum atomic E-state index is 11.4. The van der Waals surface area contributed by atoms with Gasteiger partial charge in [-0.1, -0.05) is 0 Å². The van der Waals surface area contributed by atoms with Crippen molar-refractivity contribution in [3.05, 3.63) is 0 Å². The molecule has 0 bridgehead atoms. The predicted molar refractivity (Wildman–Crippen MR) is 43.5 cm³/mol. The fraction of sp³-hybridized carbons (Fsp3) is 0.750. The van der Waals surface area contributed by atoms with Gasteiger partial charge in [0.25, 0.3) is 0 Å². The Kier molecular flexibility index (Phi) is 2.51. The average Bonchev–Trinajstić information content (AvgIpc) is 2.44. The Morgan fingerprint density at radius 2 is 1.79 bits per heavy atom. The molecule has 1 fully saturated rings. The molecule has 6 heteroatoms. The second-order valence-electron chi connectivity index (χ2n) is 3.27. The molecule has 0 saturated carbocycles. The van der Waals surface area contributed by atoms with Crippen molar-refractivity contribution in [1.29, 1.82) is 0 Å². The van der Waals surface area contributed by atoms with Gasteiger partial charge in [0.15, 0.2) is 0 Å². The lowest BCUT2D eigenvalue weighted by Gasteiger charge is -2.30. The van der Waals surface area contributed by atoms with Crippen molar-refractivity contribution in [1.82, 2.24) is 0 Å². The summed E-state index contributed by atoms with van der Waals surface area (Å²) in [5.74, 6) is -2.03. The average molecular weight is 204 g/mol. The minimum Gasteiger partial charge on any atom is -0.479 e. The van der Waals surface area contributed by atoms with Crippen LogP contribution < -0.4 is 0 Å². The van der Waals surface area contributed by atoms with Crippen molar-refractivity contribution in [2.24, 2.45) is 0 Å². The molecule has 6 nitrogen and oxygen atoms in total. The van der Waals surface area contributed by atoms with Crippen LogP contribution in [0.2, 0.25) is 0 Å². The van der Waals surface area contributed by atoms with Crippen LogP contribution in [0.5, 0.6) is 0 Å². The number of ether oxygens (including phenoxy) is 3. The molecule has 1 aliphatic heterocycles. The van der Waals surface area contributed by atoms with Gasteiger partial charge in [0.05, 0.1) is 7.11 Å². The van der Waals surface area contributed by atoms with Crippen molar-refractivity contribution < 1.29 is 28.9 Å². The molecular weight excluding hydrogens is 192 g/mol. The lowest BCUT2D eigenvalue weighted by molar-refractivity contribution is -0.179. The first kappa shape index (κ1) is 10.9. The van der Waals surface area contributed by atoms with Crippen LogP contribution in [0.4, 0.5) is 0 Å². The van der Waals surface area contributed by atoms with Crippen LogP contribution in [-0.4, -0.2) is 42.1 Å². The monoisotopic (exact) mass is 204 g/mol. The van der Waals surface area contributed by atoms with E-state index in [9.17, 15) is 9.59 Å². The van der Waals surface area contributed by atoms with Crippen molar-refractivity contribution in [3.8, 4) is 0 Å². The van der Waals surface area contributed by atoms with Gasteiger partial charge in [0.1, 0.15) is 6.79 Å². The van der Waals surface area contributed by atoms with Gasteiger partial charge in [-0.05, 0) is 13.8 Å². The van der Waals surface area contributed by atoms with Crippen LogP contribution >= 0.6 is 0 Å². The van der Waals surface area contributed by atoms with E-state index in [4.69, 9.17) is 14.6 Å². The summed E-state index contributed by atoms with van der Waals surface area (Å²) in [6, 6.07) is 0. The summed E-state index contributed by atoms with van der Waals surface area (Å²) in [5.41, 5.74) is -3.31. The van der Waals surface area contributed by atoms with Crippen LogP contribution in [0.3, 0.4) is 0 Å². The van der Waals surface area contributed by atoms with Gasteiger partial charge in [-0.2, -0.15) is 0 Å². The van der Waals surface area contributed by atoms with Gasteiger partial charge in [0.2, 0.25) is 11.2 Å². The molecule has 80 valence electrons. The number of hydrogen-bond acceptors (Lipinski definition) is 5. The third-order valence-corrected chi connectivity index (χ3v) is 2.59. The second kappa shape index (κ2) is 3.21. The van der Waals surface area contributed by atoms with Gasteiger partial charge in [0, 0.05) is 0 Å². The molecule has 1 N–H and O–H groups in total. The number of methoxy groups -OCH3 is 1. The summed E-state index contributed by atoms with van der Waals surface area (Å²) >= 11 is 0. The van der Waals surface area contributed by atoms with Crippen molar-refractivity contribution >= 4 is 11.9 Å². The Bertz CT molecular complexity index is 275. The van der Waals surface area contributed by atoms with Gasteiger partial charge >= 0.3 is 11.9 Å². The summed E-state index contributed by atoms with van der Waals surface area (Å²) in [4.78, 5) is 22.3. The molecule has 0 aromatic heterocycles. The van der Waals surface area contributed by atoms with Crippen LogP contribution in [0.15, 0.2) is 0 Å². The van der Waals surface area contributed by atoms with E-state index in [1.54, 1.807) is 0 Å². The molecule has 1 rings (SSSR count). The minimum absolute atomic E-state index is 0.242. The third kappa shape index (κ3) is 1.18. The summed E-state index contributed by atoms with van der Waals surface area (Å²) in [6.45, 7) is 2.37. The van der Waals surface area contributed by atoms with E-state index < -0.39 is 23.1 Å². The SMILES string of the molecule is COC(=O)C1(C)OCOC1(C)C(=O)O. The summed E-state index contributed by atoms with van der Waals surface area (Å²) in [5, 5.41) is 8.94. The van der Waals surface area contributed by atoms with Gasteiger partial charge < -0.3 is 19.3 Å². The maximum Gasteiger partial charge on any atom is 0.341 e. The van der Waals surface area contributed by atoms with E-state index in [0.29, 0.717) is 0 Å². The second-order valence-corrected chi connectivity index (χ2v) is 3.27. The van der Waals surface area contributed by atoms with E-state index in [1.165, 1.54) is 13.8 Å². The summed E-state index contributed by atoms with van der Waals surface area (Å²) < 4.78 is 14.4. The number of hydrogen-bond donors (Lipinski definition) is 1. The van der Waals surface area contributed by atoms with E-state index >= 15 is 0 Å². The molecule has 0 aromatic carbocycles. The standard InChI is InChI=1S/C8H12O6/c1-7(5(9)10)8(2,6(11)12-3)14-4-13-7/h4H2,1-3H3,(H,9,10). The largest absolute Gasteiger partial charge is 0.479 e. The Hall–Kier alpha value is -1.14. The molecule has 0 amide bonds. The van der Waals surface area contributed by atoms with Crippen molar-refractivity contribution in [2.45, 2.75) is 25.0 Å². The molecular formula is C8H12O6. The molecule has 0 aliphatic carbocycles.